The molecule has 0 saturated heterocycles. The second-order valence-electron chi connectivity index (χ2n) is 4.21. The van der Waals surface area contributed by atoms with Gasteiger partial charge in [0.1, 0.15) is 12.4 Å². The van der Waals surface area contributed by atoms with Crippen LogP contribution < -0.4 is 10.6 Å². The maximum absolute atomic E-state index is 13.3. The molecule has 1 aromatic rings. The van der Waals surface area contributed by atoms with Gasteiger partial charge >= 0.3 is 0 Å². The van der Waals surface area contributed by atoms with Gasteiger partial charge in [0.15, 0.2) is 0 Å². The molecule has 2 N–H and O–H groups in total. The molecule has 112 valence electrons. The molecule has 0 heterocycles. The van der Waals surface area contributed by atoms with Crippen molar-refractivity contribution in [2.75, 3.05) is 44.9 Å². The van der Waals surface area contributed by atoms with Crippen molar-refractivity contribution in [1.29, 1.82) is 0 Å². The second kappa shape index (κ2) is 9.41. The average molecular weight is 284 g/mol. The van der Waals surface area contributed by atoms with Crippen molar-refractivity contribution in [2.24, 2.45) is 5.73 Å². The summed E-state index contributed by atoms with van der Waals surface area (Å²) in [6.45, 7) is 1.60. The number of rotatable bonds is 9. The highest BCUT2D eigenvalue weighted by Gasteiger charge is 2.15. The van der Waals surface area contributed by atoms with Crippen LogP contribution in [-0.4, -0.2) is 45.9 Å². The summed E-state index contributed by atoms with van der Waals surface area (Å²) in [5.41, 5.74) is 5.98. The maximum atomic E-state index is 13.3. The molecule has 0 aliphatic rings. The van der Waals surface area contributed by atoms with Gasteiger partial charge in [-0.15, -0.1) is 0 Å². The number of hydrogen-bond donors (Lipinski definition) is 1. The summed E-state index contributed by atoms with van der Waals surface area (Å²) in [6.07, 6.45) is 0.639. The van der Waals surface area contributed by atoms with E-state index >= 15 is 0 Å². The van der Waals surface area contributed by atoms with Crippen LogP contribution in [0.4, 0.5) is 10.1 Å². The zero-order valence-electron chi connectivity index (χ0n) is 11.7. The van der Waals surface area contributed by atoms with E-state index in [0.717, 1.165) is 0 Å². The fraction of sp³-hybridized carbons (Fsp3) is 0.500. The first-order valence-electron chi connectivity index (χ1n) is 6.51. The van der Waals surface area contributed by atoms with E-state index in [1.807, 2.05) is 0 Å². The SMILES string of the molecule is COCCOCC(=O)N(CCCN)c1cccc(F)c1. The van der Waals surface area contributed by atoms with Crippen molar-refractivity contribution in [3.63, 3.8) is 0 Å². The lowest BCUT2D eigenvalue weighted by molar-refractivity contribution is -0.123. The number of carbonyl (C=O) groups is 1. The van der Waals surface area contributed by atoms with Gasteiger partial charge in [-0.3, -0.25) is 4.79 Å². The predicted octanol–water partition coefficient (Wildman–Crippen LogP) is 1.17. The molecule has 0 aliphatic heterocycles. The first kappa shape index (κ1) is 16.6. The normalized spacial score (nSPS) is 10.6. The Kier molecular flexibility index (Phi) is 7.79. The fourth-order valence-corrected chi connectivity index (χ4v) is 1.67. The van der Waals surface area contributed by atoms with E-state index in [4.69, 9.17) is 15.2 Å². The Morgan fingerprint density at radius 2 is 2.20 bits per heavy atom. The van der Waals surface area contributed by atoms with Gasteiger partial charge in [-0.05, 0) is 31.2 Å². The molecule has 1 aromatic carbocycles. The number of amides is 1. The summed E-state index contributed by atoms with van der Waals surface area (Å²) in [7, 11) is 1.56. The number of nitrogens with zero attached hydrogens (tertiary/aromatic N) is 1. The van der Waals surface area contributed by atoms with Crippen LogP contribution in [0, 0.1) is 5.82 Å². The first-order valence-corrected chi connectivity index (χ1v) is 6.51. The van der Waals surface area contributed by atoms with E-state index in [-0.39, 0.29) is 18.3 Å². The van der Waals surface area contributed by atoms with Crippen molar-refractivity contribution in [3.05, 3.63) is 30.1 Å². The van der Waals surface area contributed by atoms with Gasteiger partial charge in [0.25, 0.3) is 5.91 Å². The molecule has 0 bridgehead atoms. The van der Waals surface area contributed by atoms with E-state index in [2.05, 4.69) is 0 Å². The molecular weight excluding hydrogens is 263 g/mol. The van der Waals surface area contributed by atoms with Gasteiger partial charge in [0.2, 0.25) is 0 Å². The molecule has 0 unspecified atom stereocenters. The summed E-state index contributed by atoms with van der Waals surface area (Å²) >= 11 is 0. The Morgan fingerprint density at radius 1 is 1.40 bits per heavy atom. The van der Waals surface area contributed by atoms with E-state index < -0.39 is 0 Å². The zero-order chi connectivity index (χ0) is 14.8. The summed E-state index contributed by atoms with van der Waals surface area (Å²) < 4.78 is 23.3. The Labute approximate surface area is 118 Å². The Balaban J connectivity index is 2.65. The molecule has 0 aliphatic carbocycles. The minimum Gasteiger partial charge on any atom is -0.382 e. The molecule has 20 heavy (non-hydrogen) atoms. The van der Waals surface area contributed by atoms with Crippen LogP contribution in [0.25, 0.3) is 0 Å². The van der Waals surface area contributed by atoms with Crippen molar-refractivity contribution in [3.8, 4) is 0 Å². The van der Waals surface area contributed by atoms with Crippen LogP contribution in [0.15, 0.2) is 24.3 Å². The molecule has 5 nitrogen and oxygen atoms in total. The van der Waals surface area contributed by atoms with E-state index in [0.29, 0.717) is 38.4 Å². The lowest BCUT2D eigenvalue weighted by Gasteiger charge is -2.22. The van der Waals surface area contributed by atoms with Gasteiger partial charge < -0.3 is 20.1 Å². The molecule has 0 fully saturated rings. The van der Waals surface area contributed by atoms with Crippen LogP contribution in [0.5, 0.6) is 0 Å². The number of carbonyl (C=O) groups excluding carboxylic acids is 1. The molecule has 6 heteroatoms. The Hall–Kier alpha value is -1.50. The smallest absolute Gasteiger partial charge is 0.252 e. The van der Waals surface area contributed by atoms with Crippen molar-refractivity contribution >= 4 is 11.6 Å². The van der Waals surface area contributed by atoms with Gasteiger partial charge in [-0.25, -0.2) is 4.39 Å². The fourth-order valence-electron chi connectivity index (χ4n) is 1.67. The Bertz CT molecular complexity index is 415. The molecule has 1 rings (SSSR count). The molecule has 0 aromatic heterocycles. The lowest BCUT2D eigenvalue weighted by atomic mass is 10.2. The summed E-state index contributed by atoms with van der Waals surface area (Å²) in [5.74, 6) is -0.603. The van der Waals surface area contributed by atoms with Crippen LogP contribution in [0.3, 0.4) is 0 Å². The molecule has 0 radical (unpaired) electrons. The number of ether oxygens (including phenoxy) is 2. The number of nitrogens with two attached hydrogens (primary N) is 1. The zero-order valence-corrected chi connectivity index (χ0v) is 11.7. The van der Waals surface area contributed by atoms with Crippen LogP contribution in [-0.2, 0) is 14.3 Å². The summed E-state index contributed by atoms with van der Waals surface area (Å²) in [6, 6.07) is 5.92. The molecule has 0 atom stereocenters. The number of halogens is 1. The molecule has 0 spiro atoms. The number of hydrogen-bond acceptors (Lipinski definition) is 4. The van der Waals surface area contributed by atoms with Crippen LogP contribution >= 0.6 is 0 Å². The average Bonchev–Trinajstić information content (AvgIpc) is 2.44. The first-order chi connectivity index (χ1) is 9.69. The third-order valence-electron chi connectivity index (χ3n) is 2.66. The number of anilines is 1. The van der Waals surface area contributed by atoms with E-state index in [1.165, 1.54) is 17.0 Å². The van der Waals surface area contributed by atoms with Crippen LogP contribution in [0.1, 0.15) is 6.42 Å². The molecule has 0 saturated carbocycles. The topological polar surface area (TPSA) is 64.8 Å². The van der Waals surface area contributed by atoms with Crippen molar-refractivity contribution in [1.82, 2.24) is 0 Å². The third kappa shape index (κ3) is 5.64. The summed E-state index contributed by atoms with van der Waals surface area (Å²) in [5, 5.41) is 0. The monoisotopic (exact) mass is 284 g/mol. The minimum absolute atomic E-state index is 0.0650. The summed E-state index contributed by atoms with van der Waals surface area (Å²) in [4.78, 5) is 13.6. The number of benzene rings is 1. The molecule has 1 amide bonds. The highest BCUT2D eigenvalue weighted by atomic mass is 19.1. The lowest BCUT2D eigenvalue weighted by Crippen LogP contribution is -2.36. The Morgan fingerprint density at radius 3 is 2.85 bits per heavy atom. The van der Waals surface area contributed by atoms with Gasteiger partial charge in [-0.2, -0.15) is 0 Å². The van der Waals surface area contributed by atoms with E-state index in [1.54, 1.807) is 19.2 Å². The van der Waals surface area contributed by atoms with Gasteiger partial charge in [-0.1, -0.05) is 6.07 Å². The second-order valence-corrected chi connectivity index (χ2v) is 4.21. The highest BCUT2D eigenvalue weighted by molar-refractivity contribution is 5.94. The van der Waals surface area contributed by atoms with Gasteiger partial charge in [0, 0.05) is 19.3 Å². The van der Waals surface area contributed by atoms with Gasteiger partial charge in [0.05, 0.1) is 13.2 Å². The van der Waals surface area contributed by atoms with Crippen molar-refractivity contribution in [2.45, 2.75) is 6.42 Å². The maximum Gasteiger partial charge on any atom is 0.252 e. The van der Waals surface area contributed by atoms with Crippen LogP contribution in [0.2, 0.25) is 0 Å². The predicted molar refractivity (Wildman–Crippen MR) is 75.1 cm³/mol. The standard InChI is InChI=1S/C14H21FN2O3/c1-19-8-9-20-11-14(18)17(7-3-6-16)13-5-2-4-12(15)10-13/h2,4-5,10H,3,6-9,11,16H2,1H3. The quantitative estimate of drug-likeness (QED) is 0.691. The van der Waals surface area contributed by atoms with Crippen molar-refractivity contribution < 1.29 is 18.7 Å². The largest absolute Gasteiger partial charge is 0.382 e. The third-order valence-corrected chi connectivity index (χ3v) is 2.66. The highest BCUT2D eigenvalue weighted by Crippen LogP contribution is 2.16. The molecular formula is C14H21FN2O3. The minimum atomic E-state index is -0.381. The number of methoxy groups -OCH3 is 1. The van der Waals surface area contributed by atoms with E-state index in [9.17, 15) is 9.18 Å².